The van der Waals surface area contributed by atoms with Crippen molar-refractivity contribution >= 4 is 11.6 Å². The number of nitriles is 1. The van der Waals surface area contributed by atoms with Gasteiger partial charge in [0.1, 0.15) is 5.15 Å². The molecule has 1 heterocycles. The summed E-state index contributed by atoms with van der Waals surface area (Å²) in [6, 6.07) is 5.36. The van der Waals surface area contributed by atoms with Crippen molar-refractivity contribution in [1.29, 1.82) is 5.26 Å². The van der Waals surface area contributed by atoms with Crippen LogP contribution in [0, 0.1) is 11.3 Å². The molecule has 0 aromatic carbocycles. The molecule has 0 N–H and O–H groups in total. The van der Waals surface area contributed by atoms with Crippen LogP contribution in [0.2, 0.25) is 5.15 Å². The summed E-state index contributed by atoms with van der Waals surface area (Å²) in [7, 11) is 0. The zero-order valence-electron chi connectivity index (χ0n) is 9.59. The first-order chi connectivity index (χ1) is 8.44. The Kier molecular flexibility index (Phi) is 2.40. The molecule has 0 unspecified atom stereocenters. The second-order valence-electron chi connectivity index (χ2n) is 5.28. The average Bonchev–Trinajstić information content (AvgIpc) is 3.08. The van der Waals surface area contributed by atoms with E-state index in [4.69, 9.17) is 11.6 Å². The number of alkyl halides is 2. The average molecular weight is 269 g/mol. The summed E-state index contributed by atoms with van der Waals surface area (Å²) in [5.41, 5.74) is 0.347. The Bertz CT molecular complexity index is 538. The lowest BCUT2D eigenvalue weighted by Crippen LogP contribution is -2.48. The van der Waals surface area contributed by atoms with E-state index in [-0.39, 0.29) is 0 Å². The minimum Gasteiger partial charge on any atom is -0.241 e. The molecule has 0 aliphatic heterocycles. The normalized spacial score (nSPS) is 24.1. The van der Waals surface area contributed by atoms with E-state index < -0.39 is 24.2 Å². The molecule has 18 heavy (non-hydrogen) atoms. The van der Waals surface area contributed by atoms with Gasteiger partial charge in [-0.3, -0.25) is 0 Å². The summed E-state index contributed by atoms with van der Waals surface area (Å²) in [5, 5.41) is 9.50. The highest BCUT2D eigenvalue weighted by molar-refractivity contribution is 6.29. The number of hydrogen-bond acceptors (Lipinski definition) is 2. The maximum atomic E-state index is 13.1. The number of halogens is 3. The van der Waals surface area contributed by atoms with Crippen molar-refractivity contribution in [3.05, 3.63) is 28.5 Å². The highest BCUT2D eigenvalue weighted by Crippen LogP contribution is 2.54. The van der Waals surface area contributed by atoms with Crippen LogP contribution in [0.15, 0.2) is 12.1 Å². The van der Waals surface area contributed by atoms with Crippen LogP contribution in [0.5, 0.6) is 0 Å². The van der Waals surface area contributed by atoms with Crippen molar-refractivity contribution in [2.75, 3.05) is 0 Å². The van der Waals surface area contributed by atoms with E-state index in [9.17, 15) is 14.0 Å². The molecule has 3 rings (SSSR count). The van der Waals surface area contributed by atoms with Crippen LogP contribution in [-0.4, -0.2) is 10.9 Å². The van der Waals surface area contributed by atoms with Gasteiger partial charge in [0, 0.05) is 24.5 Å². The largest absolute Gasteiger partial charge is 0.251 e. The third kappa shape index (κ3) is 1.87. The maximum Gasteiger partial charge on any atom is 0.251 e. The van der Waals surface area contributed by atoms with Gasteiger partial charge >= 0.3 is 0 Å². The number of aromatic nitrogens is 1. The summed E-state index contributed by atoms with van der Waals surface area (Å²) < 4.78 is 26.2. The molecule has 0 saturated heterocycles. The summed E-state index contributed by atoms with van der Waals surface area (Å²) >= 11 is 5.93. The molecule has 2 nitrogen and oxygen atoms in total. The molecule has 2 aliphatic carbocycles. The Hall–Kier alpha value is -1.21. The minimum atomic E-state index is -2.73. The molecule has 1 aromatic rings. The highest BCUT2D eigenvalue weighted by Gasteiger charge is 2.58. The summed E-state index contributed by atoms with van der Waals surface area (Å²) in [6.45, 7) is 0. The van der Waals surface area contributed by atoms with Crippen molar-refractivity contribution in [3.8, 4) is 6.07 Å². The highest BCUT2D eigenvalue weighted by atomic mass is 35.5. The predicted octanol–water partition coefficient (Wildman–Crippen LogP) is 3.80. The molecule has 2 saturated carbocycles. The molecular formula is C13H11ClF2N2. The Labute approximate surface area is 109 Å². The summed E-state index contributed by atoms with van der Waals surface area (Å²) in [5.74, 6) is -2.34. The molecule has 94 valence electrons. The van der Waals surface area contributed by atoms with E-state index in [1.807, 2.05) is 6.07 Å². The van der Waals surface area contributed by atoms with Gasteiger partial charge in [0.15, 0.2) is 0 Å². The van der Waals surface area contributed by atoms with Gasteiger partial charge in [-0.25, -0.2) is 13.8 Å². The van der Waals surface area contributed by atoms with Crippen molar-refractivity contribution in [1.82, 2.24) is 4.98 Å². The van der Waals surface area contributed by atoms with E-state index >= 15 is 0 Å². The van der Waals surface area contributed by atoms with E-state index in [1.54, 1.807) is 12.1 Å². The van der Waals surface area contributed by atoms with Crippen LogP contribution in [0.1, 0.15) is 42.9 Å². The van der Waals surface area contributed by atoms with Gasteiger partial charge in [-0.1, -0.05) is 11.6 Å². The van der Waals surface area contributed by atoms with Gasteiger partial charge in [0.25, 0.3) is 5.92 Å². The number of rotatable bonds is 2. The molecule has 1 aromatic heterocycles. The second kappa shape index (κ2) is 3.64. The first kappa shape index (κ1) is 11.9. The smallest absolute Gasteiger partial charge is 0.241 e. The SMILES string of the molecule is N#CC1(c2cc(Cl)nc(C3CC3)c2)CC(F)(F)C1. The molecular weight excluding hydrogens is 258 g/mol. The first-order valence-corrected chi connectivity index (χ1v) is 6.29. The van der Waals surface area contributed by atoms with E-state index in [0.29, 0.717) is 16.6 Å². The van der Waals surface area contributed by atoms with E-state index in [1.165, 1.54) is 0 Å². The third-order valence-corrected chi connectivity index (χ3v) is 3.89. The van der Waals surface area contributed by atoms with Gasteiger partial charge in [-0.15, -0.1) is 0 Å². The quantitative estimate of drug-likeness (QED) is 0.765. The number of hydrogen-bond donors (Lipinski definition) is 0. The minimum absolute atomic E-state index is 0.291. The number of nitrogens with zero attached hydrogens (tertiary/aromatic N) is 2. The molecule has 2 aliphatic rings. The zero-order chi connectivity index (χ0) is 13.0. The lowest BCUT2D eigenvalue weighted by Gasteiger charge is -2.42. The summed E-state index contributed by atoms with van der Waals surface area (Å²) in [4.78, 5) is 4.21. The fourth-order valence-corrected chi connectivity index (χ4v) is 2.78. The van der Waals surface area contributed by atoms with E-state index in [2.05, 4.69) is 4.98 Å². The second-order valence-corrected chi connectivity index (χ2v) is 5.67. The van der Waals surface area contributed by atoms with Gasteiger partial charge in [0.05, 0.1) is 11.5 Å². The Morgan fingerprint density at radius 3 is 2.50 bits per heavy atom. The summed E-state index contributed by atoms with van der Waals surface area (Å²) in [6.07, 6.45) is 1.28. The van der Waals surface area contributed by atoms with Gasteiger partial charge < -0.3 is 0 Å². The predicted molar refractivity (Wildman–Crippen MR) is 62.7 cm³/mol. The molecule has 0 spiro atoms. The first-order valence-electron chi connectivity index (χ1n) is 5.91. The van der Waals surface area contributed by atoms with Crippen LogP contribution >= 0.6 is 11.6 Å². The van der Waals surface area contributed by atoms with Crippen LogP contribution in [-0.2, 0) is 5.41 Å². The zero-order valence-corrected chi connectivity index (χ0v) is 10.3. The third-order valence-electron chi connectivity index (χ3n) is 3.70. The fraction of sp³-hybridized carbons (Fsp3) is 0.538. The molecule has 0 radical (unpaired) electrons. The van der Waals surface area contributed by atoms with Crippen LogP contribution < -0.4 is 0 Å². The van der Waals surface area contributed by atoms with Crippen molar-refractivity contribution in [3.63, 3.8) is 0 Å². The van der Waals surface area contributed by atoms with Crippen molar-refractivity contribution in [2.24, 2.45) is 0 Å². The molecule has 0 amide bonds. The van der Waals surface area contributed by atoms with Crippen LogP contribution in [0.25, 0.3) is 0 Å². The van der Waals surface area contributed by atoms with Gasteiger partial charge in [-0.05, 0) is 30.5 Å². The lowest BCUT2D eigenvalue weighted by molar-refractivity contribution is -0.109. The Morgan fingerprint density at radius 2 is 2.00 bits per heavy atom. The van der Waals surface area contributed by atoms with E-state index in [0.717, 1.165) is 18.5 Å². The van der Waals surface area contributed by atoms with Crippen LogP contribution in [0.4, 0.5) is 8.78 Å². The number of pyridine rings is 1. The molecule has 5 heteroatoms. The fourth-order valence-electron chi connectivity index (χ4n) is 2.56. The molecule has 2 fully saturated rings. The van der Waals surface area contributed by atoms with Gasteiger partial charge in [0.2, 0.25) is 0 Å². The van der Waals surface area contributed by atoms with Crippen molar-refractivity contribution < 1.29 is 8.78 Å². The molecule has 0 atom stereocenters. The molecule has 0 bridgehead atoms. The topological polar surface area (TPSA) is 36.7 Å². The van der Waals surface area contributed by atoms with Crippen molar-refractivity contribution in [2.45, 2.75) is 42.9 Å². The van der Waals surface area contributed by atoms with Crippen LogP contribution in [0.3, 0.4) is 0 Å². The van der Waals surface area contributed by atoms with Gasteiger partial charge in [-0.2, -0.15) is 5.26 Å². The maximum absolute atomic E-state index is 13.1. The monoisotopic (exact) mass is 268 g/mol. The standard InChI is InChI=1S/C13H11ClF2N2/c14-11-4-9(3-10(18-11)8-1-2-8)12(7-17)5-13(15,16)6-12/h3-4,8H,1-2,5-6H2. The Morgan fingerprint density at radius 1 is 1.33 bits per heavy atom. The lowest BCUT2D eigenvalue weighted by atomic mass is 9.63. The Balaban J connectivity index is 1.99.